The lowest BCUT2D eigenvalue weighted by Crippen LogP contribution is -2.13. The summed E-state index contributed by atoms with van der Waals surface area (Å²) >= 11 is 18.9. The van der Waals surface area contributed by atoms with Gasteiger partial charge in [0.2, 0.25) is 0 Å². The third-order valence-corrected chi connectivity index (χ3v) is 6.31. The number of esters is 2. The van der Waals surface area contributed by atoms with Crippen LogP contribution in [-0.2, 0) is 16.1 Å². The largest absolute Gasteiger partial charge is 0.483 e. The highest BCUT2D eigenvalue weighted by atomic mass is 35.5. The van der Waals surface area contributed by atoms with Gasteiger partial charge in [-0.3, -0.25) is 4.79 Å². The molecule has 0 saturated heterocycles. The second-order valence-corrected chi connectivity index (χ2v) is 8.72. The number of anilines is 1. The maximum absolute atomic E-state index is 12.7. The van der Waals surface area contributed by atoms with Gasteiger partial charge in [-0.25, -0.2) is 9.59 Å². The van der Waals surface area contributed by atoms with E-state index in [9.17, 15) is 14.4 Å². The topological polar surface area (TPSA) is 104 Å². The normalized spacial score (nSPS) is 10.6. The molecule has 8 nitrogen and oxygen atoms in total. The number of methoxy groups -OCH3 is 2. The van der Waals surface area contributed by atoms with Gasteiger partial charge in [0.15, 0.2) is 11.5 Å². The number of rotatable bonds is 7. The van der Waals surface area contributed by atoms with Crippen LogP contribution in [-0.4, -0.2) is 32.1 Å². The van der Waals surface area contributed by atoms with E-state index in [0.29, 0.717) is 16.3 Å². The van der Waals surface area contributed by atoms with Crippen LogP contribution in [0.5, 0.6) is 5.75 Å². The molecule has 33 heavy (non-hydrogen) atoms. The minimum Gasteiger partial charge on any atom is -0.483 e. The van der Waals surface area contributed by atoms with Crippen LogP contribution in [0.2, 0.25) is 15.1 Å². The molecule has 1 amide bonds. The molecule has 0 spiro atoms. The number of thiophene rings is 1. The van der Waals surface area contributed by atoms with Crippen molar-refractivity contribution in [1.82, 2.24) is 0 Å². The molecule has 0 fully saturated rings. The number of hydrogen-bond donors (Lipinski definition) is 1. The van der Waals surface area contributed by atoms with Gasteiger partial charge in [0.1, 0.15) is 22.2 Å². The van der Waals surface area contributed by atoms with Crippen molar-refractivity contribution >= 4 is 69.0 Å². The van der Waals surface area contributed by atoms with Crippen LogP contribution < -0.4 is 10.1 Å². The Labute approximate surface area is 207 Å². The summed E-state index contributed by atoms with van der Waals surface area (Å²) in [6, 6.07) is 5.93. The van der Waals surface area contributed by atoms with Gasteiger partial charge in [-0.15, -0.1) is 11.3 Å². The Hall–Kier alpha value is -2.72. The molecule has 0 saturated carbocycles. The maximum atomic E-state index is 12.7. The predicted molar refractivity (Wildman–Crippen MR) is 124 cm³/mol. The first-order valence-electron chi connectivity index (χ1n) is 9.13. The smallest absolute Gasteiger partial charge is 0.348 e. The van der Waals surface area contributed by atoms with Crippen molar-refractivity contribution in [3.63, 3.8) is 0 Å². The van der Waals surface area contributed by atoms with Gasteiger partial charge < -0.3 is 23.9 Å². The molecule has 0 unspecified atom stereocenters. The number of halogens is 3. The van der Waals surface area contributed by atoms with Crippen molar-refractivity contribution in [3.05, 3.63) is 66.9 Å². The Morgan fingerprint density at radius 1 is 1.03 bits per heavy atom. The minimum absolute atomic E-state index is 0.0524. The van der Waals surface area contributed by atoms with Gasteiger partial charge in [0, 0.05) is 5.02 Å². The first-order chi connectivity index (χ1) is 15.7. The molecular weight excluding hydrogens is 517 g/mol. The summed E-state index contributed by atoms with van der Waals surface area (Å²) in [4.78, 5) is 37.1. The molecule has 1 N–H and O–H groups in total. The SMILES string of the molecule is COC(=O)c1sc(NC(=O)c2ccc(COc3c(Cl)cc(Cl)cc3Cl)o2)c(C(=O)OC)c1C. The first kappa shape index (κ1) is 24.9. The molecule has 0 radical (unpaired) electrons. The van der Waals surface area contributed by atoms with Crippen molar-refractivity contribution in [3.8, 4) is 5.75 Å². The number of benzene rings is 1. The maximum Gasteiger partial charge on any atom is 0.348 e. The lowest BCUT2D eigenvalue weighted by atomic mass is 10.1. The van der Waals surface area contributed by atoms with E-state index in [4.69, 9.17) is 53.4 Å². The molecule has 0 bridgehead atoms. The minimum atomic E-state index is -0.709. The van der Waals surface area contributed by atoms with E-state index in [1.165, 1.54) is 38.5 Å². The van der Waals surface area contributed by atoms with Gasteiger partial charge in [0.05, 0.1) is 29.8 Å². The van der Waals surface area contributed by atoms with Crippen LogP contribution in [0.4, 0.5) is 5.00 Å². The van der Waals surface area contributed by atoms with Crippen molar-refractivity contribution in [2.75, 3.05) is 19.5 Å². The zero-order valence-electron chi connectivity index (χ0n) is 17.4. The highest BCUT2D eigenvalue weighted by molar-refractivity contribution is 7.18. The summed E-state index contributed by atoms with van der Waals surface area (Å²) in [6.45, 7) is 1.49. The van der Waals surface area contributed by atoms with Gasteiger partial charge in [-0.1, -0.05) is 34.8 Å². The zero-order chi connectivity index (χ0) is 24.3. The zero-order valence-corrected chi connectivity index (χ0v) is 20.5. The van der Waals surface area contributed by atoms with E-state index in [1.807, 2.05) is 0 Å². The fourth-order valence-electron chi connectivity index (χ4n) is 2.79. The average Bonchev–Trinajstić information content (AvgIpc) is 3.36. The van der Waals surface area contributed by atoms with Crippen LogP contribution in [0.1, 0.15) is 41.9 Å². The first-order valence-corrected chi connectivity index (χ1v) is 11.1. The number of carbonyl (C=O) groups is 3. The molecule has 0 aliphatic rings. The van der Waals surface area contributed by atoms with Crippen molar-refractivity contribution < 1.29 is 33.0 Å². The molecule has 12 heteroatoms. The van der Waals surface area contributed by atoms with E-state index in [2.05, 4.69) is 5.32 Å². The van der Waals surface area contributed by atoms with Crippen molar-refractivity contribution in [1.29, 1.82) is 0 Å². The van der Waals surface area contributed by atoms with Gasteiger partial charge >= 0.3 is 11.9 Å². The Bertz CT molecular complexity index is 1210. The lowest BCUT2D eigenvalue weighted by Gasteiger charge is -2.09. The van der Waals surface area contributed by atoms with Crippen molar-refractivity contribution in [2.45, 2.75) is 13.5 Å². The molecule has 0 aliphatic heterocycles. The monoisotopic (exact) mass is 531 g/mol. The number of furan rings is 1. The molecular formula is C21H16Cl3NO7S. The Balaban J connectivity index is 1.77. The molecule has 174 valence electrons. The summed E-state index contributed by atoms with van der Waals surface area (Å²) in [5.41, 5.74) is 0.387. The van der Waals surface area contributed by atoms with E-state index in [0.717, 1.165) is 11.3 Å². The third kappa shape index (κ3) is 5.44. The molecule has 3 rings (SSSR count). The Morgan fingerprint density at radius 3 is 2.27 bits per heavy atom. The summed E-state index contributed by atoms with van der Waals surface area (Å²) < 4.78 is 20.6. The fourth-order valence-corrected chi connectivity index (χ4v) is 4.82. The highest BCUT2D eigenvalue weighted by Gasteiger charge is 2.27. The van der Waals surface area contributed by atoms with Gasteiger partial charge in [0.25, 0.3) is 5.91 Å². The quantitative estimate of drug-likeness (QED) is 0.371. The number of carbonyl (C=O) groups excluding carboxylic acids is 3. The summed E-state index contributed by atoms with van der Waals surface area (Å²) in [5, 5.41) is 3.51. The van der Waals surface area contributed by atoms with Crippen LogP contribution in [0, 0.1) is 6.92 Å². The molecule has 3 aromatic rings. The summed E-state index contributed by atoms with van der Waals surface area (Å²) in [7, 11) is 2.41. The molecule has 1 aromatic carbocycles. The summed E-state index contributed by atoms with van der Waals surface area (Å²) in [5.74, 6) is -1.51. The third-order valence-electron chi connectivity index (χ3n) is 4.34. The van der Waals surface area contributed by atoms with Gasteiger partial charge in [-0.2, -0.15) is 0 Å². The van der Waals surface area contributed by atoms with Crippen LogP contribution in [0.15, 0.2) is 28.7 Å². The standard InChI is InChI=1S/C21H16Cl3NO7S/c1-9-15(20(27)29-2)19(33-17(9)21(28)30-3)25-18(26)14-5-4-11(32-14)8-31-16-12(23)6-10(22)7-13(16)24/h4-7H,8H2,1-3H3,(H,25,26). The van der Waals surface area contributed by atoms with Crippen LogP contribution in [0.3, 0.4) is 0 Å². The van der Waals surface area contributed by atoms with E-state index >= 15 is 0 Å². The predicted octanol–water partition coefficient (Wildman–Crippen LogP) is 6.01. The Kier molecular flexibility index (Phi) is 7.91. The molecule has 2 aromatic heterocycles. The number of nitrogens with one attached hydrogen (secondary N) is 1. The summed E-state index contributed by atoms with van der Waals surface area (Å²) in [6.07, 6.45) is 0. The lowest BCUT2D eigenvalue weighted by molar-refractivity contribution is 0.0601. The van der Waals surface area contributed by atoms with E-state index in [-0.39, 0.29) is 43.6 Å². The van der Waals surface area contributed by atoms with E-state index in [1.54, 1.807) is 6.92 Å². The molecule has 2 heterocycles. The second-order valence-electron chi connectivity index (χ2n) is 6.45. The van der Waals surface area contributed by atoms with Crippen molar-refractivity contribution in [2.24, 2.45) is 0 Å². The molecule has 0 aliphatic carbocycles. The number of hydrogen-bond acceptors (Lipinski definition) is 8. The Morgan fingerprint density at radius 2 is 1.67 bits per heavy atom. The van der Waals surface area contributed by atoms with Crippen LogP contribution in [0.25, 0.3) is 0 Å². The second kappa shape index (κ2) is 10.5. The highest BCUT2D eigenvalue weighted by Crippen LogP contribution is 2.37. The number of ether oxygens (including phenoxy) is 3. The average molecular weight is 533 g/mol. The molecule has 0 atom stereocenters. The van der Waals surface area contributed by atoms with Crippen LogP contribution >= 0.6 is 46.1 Å². The van der Waals surface area contributed by atoms with E-state index < -0.39 is 17.8 Å². The van der Waals surface area contributed by atoms with Gasteiger partial charge in [-0.05, 0) is 36.8 Å². The number of amides is 1. The fraction of sp³-hybridized carbons (Fsp3) is 0.190.